The average Bonchev–Trinajstić information content (AvgIpc) is 3.03. The van der Waals surface area contributed by atoms with Gasteiger partial charge in [-0.2, -0.15) is 0 Å². The fourth-order valence-corrected chi connectivity index (χ4v) is 4.24. The second-order valence-electron chi connectivity index (χ2n) is 7.79. The van der Waals surface area contributed by atoms with E-state index in [1.54, 1.807) is 24.3 Å². The van der Waals surface area contributed by atoms with Gasteiger partial charge < -0.3 is 9.80 Å². The molecule has 1 fully saturated rings. The van der Waals surface area contributed by atoms with Crippen molar-refractivity contribution in [1.82, 2.24) is 14.7 Å². The number of rotatable bonds is 6. The van der Waals surface area contributed by atoms with E-state index in [1.807, 2.05) is 17.0 Å². The van der Waals surface area contributed by atoms with E-state index in [0.717, 1.165) is 25.2 Å². The van der Waals surface area contributed by atoms with Crippen molar-refractivity contribution < 1.29 is 14.0 Å². The third kappa shape index (κ3) is 4.50. The Hall–Kier alpha value is -2.70. The van der Waals surface area contributed by atoms with Gasteiger partial charge >= 0.3 is 0 Å². The van der Waals surface area contributed by atoms with Crippen LogP contribution in [0.25, 0.3) is 5.57 Å². The van der Waals surface area contributed by atoms with Gasteiger partial charge in [0.25, 0.3) is 11.8 Å². The molecule has 7 heteroatoms. The smallest absolute Gasteiger partial charge is 0.277 e. The number of imide groups is 1. The first kappa shape index (κ1) is 21.5. The molecule has 0 aromatic heterocycles. The normalized spacial score (nSPS) is 17.8. The molecule has 1 saturated heterocycles. The lowest BCUT2D eigenvalue weighted by atomic mass is 10.0. The average molecular weight is 442 g/mol. The summed E-state index contributed by atoms with van der Waals surface area (Å²) in [6, 6.07) is 13.2. The zero-order valence-corrected chi connectivity index (χ0v) is 18.2. The molecule has 0 N–H and O–H groups in total. The number of benzene rings is 2. The lowest BCUT2D eigenvalue weighted by Gasteiger charge is -2.36. The SMILES string of the molecule is CCN1CCN(C2=C(c3ccc(F)cc3)C(=O)N(CCc3ccc(Cl)cc3)C2=O)CC1. The van der Waals surface area contributed by atoms with Gasteiger partial charge in [-0.1, -0.05) is 42.8 Å². The molecule has 0 spiro atoms. The number of halogens is 2. The third-order valence-electron chi connectivity index (χ3n) is 5.95. The maximum absolute atomic E-state index is 13.5. The summed E-state index contributed by atoms with van der Waals surface area (Å²) in [7, 11) is 0. The van der Waals surface area contributed by atoms with Gasteiger partial charge in [0, 0.05) is 37.7 Å². The van der Waals surface area contributed by atoms with Crippen LogP contribution in [0, 0.1) is 5.82 Å². The Labute approximate surface area is 186 Å². The molecule has 5 nitrogen and oxygen atoms in total. The second kappa shape index (κ2) is 9.20. The number of hydrogen-bond donors (Lipinski definition) is 0. The lowest BCUT2D eigenvalue weighted by molar-refractivity contribution is -0.137. The molecule has 2 aliphatic heterocycles. The van der Waals surface area contributed by atoms with Crippen molar-refractivity contribution in [3.63, 3.8) is 0 Å². The van der Waals surface area contributed by atoms with E-state index in [0.29, 0.717) is 41.4 Å². The van der Waals surface area contributed by atoms with Gasteiger partial charge in [0.15, 0.2) is 0 Å². The first-order chi connectivity index (χ1) is 15.0. The van der Waals surface area contributed by atoms with Crippen LogP contribution in [0.3, 0.4) is 0 Å². The Morgan fingerprint density at radius 1 is 0.903 bits per heavy atom. The van der Waals surface area contributed by atoms with E-state index in [1.165, 1.54) is 17.0 Å². The maximum Gasteiger partial charge on any atom is 0.277 e. The summed E-state index contributed by atoms with van der Waals surface area (Å²) in [5.41, 5.74) is 2.37. The molecular formula is C24H25ClFN3O2. The summed E-state index contributed by atoms with van der Waals surface area (Å²) in [4.78, 5) is 32.4. The van der Waals surface area contributed by atoms with Crippen molar-refractivity contribution in [2.45, 2.75) is 13.3 Å². The molecule has 2 heterocycles. The minimum Gasteiger partial charge on any atom is -0.364 e. The molecule has 2 aromatic rings. The summed E-state index contributed by atoms with van der Waals surface area (Å²) < 4.78 is 13.5. The minimum absolute atomic E-state index is 0.275. The number of nitrogens with zero attached hydrogens (tertiary/aromatic N) is 3. The maximum atomic E-state index is 13.5. The summed E-state index contributed by atoms with van der Waals surface area (Å²) in [5, 5.41) is 0.644. The molecule has 0 bridgehead atoms. The Morgan fingerprint density at radius 2 is 1.55 bits per heavy atom. The van der Waals surface area contributed by atoms with E-state index in [2.05, 4.69) is 11.8 Å². The molecule has 2 amide bonds. The predicted molar refractivity (Wildman–Crippen MR) is 119 cm³/mol. The third-order valence-corrected chi connectivity index (χ3v) is 6.20. The fourth-order valence-electron chi connectivity index (χ4n) is 4.12. The molecular weight excluding hydrogens is 417 g/mol. The van der Waals surface area contributed by atoms with Crippen LogP contribution in [0.15, 0.2) is 54.2 Å². The monoisotopic (exact) mass is 441 g/mol. The number of hydrogen-bond acceptors (Lipinski definition) is 4. The second-order valence-corrected chi connectivity index (χ2v) is 8.23. The Bertz CT molecular complexity index is 996. The summed E-state index contributed by atoms with van der Waals surface area (Å²) in [6.45, 7) is 6.38. The first-order valence-corrected chi connectivity index (χ1v) is 10.9. The van der Waals surface area contributed by atoms with Crippen LogP contribution in [0.1, 0.15) is 18.1 Å². The van der Waals surface area contributed by atoms with Gasteiger partial charge in [-0.15, -0.1) is 0 Å². The largest absolute Gasteiger partial charge is 0.364 e. The zero-order valence-electron chi connectivity index (χ0n) is 17.5. The molecule has 31 heavy (non-hydrogen) atoms. The number of carbonyl (C=O) groups is 2. The number of amides is 2. The summed E-state index contributed by atoms with van der Waals surface area (Å²) in [5.74, 6) is -0.972. The van der Waals surface area contributed by atoms with Crippen LogP contribution in [0.4, 0.5) is 4.39 Å². The molecule has 0 aliphatic carbocycles. The molecule has 4 rings (SSSR count). The van der Waals surface area contributed by atoms with Crippen molar-refractivity contribution >= 4 is 29.0 Å². The van der Waals surface area contributed by atoms with Crippen molar-refractivity contribution in [2.24, 2.45) is 0 Å². The van der Waals surface area contributed by atoms with Gasteiger partial charge in [0.05, 0.1) is 5.57 Å². The summed E-state index contributed by atoms with van der Waals surface area (Å²) in [6.07, 6.45) is 0.544. The summed E-state index contributed by atoms with van der Waals surface area (Å²) >= 11 is 5.95. The molecule has 0 unspecified atom stereocenters. The van der Waals surface area contributed by atoms with E-state index in [-0.39, 0.29) is 24.2 Å². The van der Waals surface area contributed by atoms with Gasteiger partial charge in [-0.25, -0.2) is 4.39 Å². The molecule has 2 aromatic carbocycles. The Balaban J connectivity index is 1.61. The van der Waals surface area contributed by atoms with E-state index in [4.69, 9.17) is 11.6 Å². The molecule has 0 radical (unpaired) electrons. The number of piperazine rings is 1. The highest BCUT2D eigenvalue weighted by Crippen LogP contribution is 2.32. The van der Waals surface area contributed by atoms with Crippen LogP contribution in [0.2, 0.25) is 5.02 Å². The van der Waals surface area contributed by atoms with Crippen molar-refractivity contribution in [2.75, 3.05) is 39.3 Å². The Morgan fingerprint density at radius 3 is 2.16 bits per heavy atom. The molecule has 162 valence electrons. The van der Waals surface area contributed by atoms with Gasteiger partial charge in [-0.3, -0.25) is 14.5 Å². The first-order valence-electron chi connectivity index (χ1n) is 10.6. The lowest BCUT2D eigenvalue weighted by Crippen LogP contribution is -2.47. The number of likely N-dealkylation sites (N-methyl/N-ethyl adjacent to an activating group) is 1. The topological polar surface area (TPSA) is 43.9 Å². The van der Waals surface area contributed by atoms with Gasteiger partial charge in [0.1, 0.15) is 11.5 Å². The Kier molecular flexibility index (Phi) is 6.39. The predicted octanol–water partition coefficient (Wildman–Crippen LogP) is 3.44. The van der Waals surface area contributed by atoms with Crippen molar-refractivity contribution in [3.05, 3.63) is 76.2 Å². The van der Waals surface area contributed by atoms with E-state index in [9.17, 15) is 14.0 Å². The van der Waals surface area contributed by atoms with Crippen LogP contribution in [-0.2, 0) is 16.0 Å². The highest BCUT2D eigenvalue weighted by atomic mass is 35.5. The zero-order chi connectivity index (χ0) is 22.0. The van der Waals surface area contributed by atoms with Crippen LogP contribution in [0.5, 0.6) is 0 Å². The minimum atomic E-state index is -0.376. The highest BCUT2D eigenvalue weighted by molar-refractivity contribution is 6.35. The number of carbonyl (C=O) groups excluding carboxylic acids is 2. The fraction of sp³-hybridized carbons (Fsp3) is 0.333. The van der Waals surface area contributed by atoms with Gasteiger partial charge in [-0.05, 0) is 48.4 Å². The van der Waals surface area contributed by atoms with Gasteiger partial charge in [0.2, 0.25) is 0 Å². The van der Waals surface area contributed by atoms with E-state index < -0.39 is 0 Å². The van der Waals surface area contributed by atoms with Crippen LogP contribution in [-0.4, -0.2) is 65.8 Å². The molecule has 0 atom stereocenters. The van der Waals surface area contributed by atoms with Crippen LogP contribution < -0.4 is 0 Å². The molecule has 0 saturated carbocycles. The van der Waals surface area contributed by atoms with E-state index >= 15 is 0 Å². The standard InChI is InChI=1S/C24H25ClFN3O2/c1-2-27-13-15-28(16-14-27)22-21(18-5-9-20(26)10-6-18)23(30)29(24(22)31)12-11-17-3-7-19(25)8-4-17/h3-10H,2,11-16H2,1H3. The molecule has 2 aliphatic rings. The van der Waals surface area contributed by atoms with Crippen LogP contribution >= 0.6 is 11.6 Å². The highest BCUT2D eigenvalue weighted by Gasteiger charge is 2.41. The van der Waals surface area contributed by atoms with Crippen molar-refractivity contribution in [3.8, 4) is 0 Å². The quantitative estimate of drug-likeness (QED) is 0.644. The van der Waals surface area contributed by atoms with Crippen molar-refractivity contribution in [1.29, 1.82) is 0 Å².